The first kappa shape index (κ1) is 35.7. The molecule has 0 bridgehead atoms. The second-order valence-electron chi connectivity index (χ2n) is 16.0. The van der Waals surface area contributed by atoms with Crippen molar-refractivity contribution in [3.8, 4) is 44.5 Å². The Morgan fingerprint density at radius 1 is 0.290 bits per heavy atom. The van der Waals surface area contributed by atoms with Gasteiger partial charge in [0, 0.05) is 22.0 Å². The van der Waals surface area contributed by atoms with E-state index < -0.39 is 0 Å². The lowest BCUT2D eigenvalue weighted by Gasteiger charge is -2.29. The molecule has 1 heterocycles. The quantitative estimate of drug-likeness (QED) is 0.160. The van der Waals surface area contributed by atoms with Crippen LogP contribution in [0.4, 0.5) is 17.1 Å². The Hall–Kier alpha value is -8.20. The minimum Gasteiger partial charge on any atom is -0.455 e. The molecule has 0 unspecified atom stereocenters. The molecule has 1 aromatic heterocycles. The van der Waals surface area contributed by atoms with Crippen molar-refractivity contribution in [3.63, 3.8) is 0 Å². The van der Waals surface area contributed by atoms with Crippen molar-refractivity contribution in [2.75, 3.05) is 4.90 Å². The predicted molar refractivity (Wildman–Crippen MR) is 263 cm³/mol. The summed E-state index contributed by atoms with van der Waals surface area (Å²) in [6.45, 7) is 0. The third-order valence-corrected chi connectivity index (χ3v) is 12.5. The van der Waals surface area contributed by atoms with Crippen molar-refractivity contribution in [1.29, 1.82) is 0 Å². The summed E-state index contributed by atoms with van der Waals surface area (Å²) in [7, 11) is 0. The number of nitrogens with zero attached hydrogens (tertiary/aromatic N) is 1. The predicted octanol–water partition coefficient (Wildman–Crippen LogP) is 17.2. The fourth-order valence-electron chi connectivity index (χ4n) is 9.47. The zero-order valence-corrected chi connectivity index (χ0v) is 33.9. The van der Waals surface area contributed by atoms with Gasteiger partial charge >= 0.3 is 0 Å². The van der Waals surface area contributed by atoms with Crippen LogP contribution in [0.2, 0.25) is 0 Å². The lowest BCUT2D eigenvalue weighted by atomic mass is 9.93. The molecule has 0 fully saturated rings. The molecule has 0 saturated heterocycles. The normalized spacial score (nSPS) is 11.5. The lowest BCUT2D eigenvalue weighted by molar-refractivity contribution is 0.672. The lowest BCUT2D eigenvalue weighted by Crippen LogP contribution is -2.12. The van der Waals surface area contributed by atoms with Crippen LogP contribution in [0.1, 0.15) is 0 Å². The van der Waals surface area contributed by atoms with Crippen LogP contribution >= 0.6 is 0 Å². The first-order valence-electron chi connectivity index (χ1n) is 21.2. The molecule has 0 spiro atoms. The van der Waals surface area contributed by atoms with E-state index in [1.807, 2.05) is 0 Å². The van der Waals surface area contributed by atoms with E-state index in [9.17, 15) is 0 Å². The van der Waals surface area contributed by atoms with Gasteiger partial charge in [0.15, 0.2) is 0 Å². The maximum Gasteiger partial charge on any atom is 0.143 e. The Morgan fingerprint density at radius 2 is 0.806 bits per heavy atom. The zero-order chi connectivity index (χ0) is 41.0. The van der Waals surface area contributed by atoms with Crippen molar-refractivity contribution in [3.05, 3.63) is 237 Å². The van der Waals surface area contributed by atoms with Gasteiger partial charge in [-0.25, -0.2) is 0 Å². The molecule has 62 heavy (non-hydrogen) atoms. The van der Waals surface area contributed by atoms with Gasteiger partial charge in [-0.05, 0) is 102 Å². The van der Waals surface area contributed by atoms with Crippen LogP contribution in [-0.4, -0.2) is 0 Å². The van der Waals surface area contributed by atoms with Gasteiger partial charge in [0.1, 0.15) is 11.2 Å². The first-order valence-corrected chi connectivity index (χ1v) is 21.2. The van der Waals surface area contributed by atoms with Crippen molar-refractivity contribution in [2.45, 2.75) is 0 Å². The minimum atomic E-state index is 0.855. The number of rotatable bonds is 7. The van der Waals surface area contributed by atoms with Crippen LogP contribution in [0.5, 0.6) is 0 Å². The summed E-state index contributed by atoms with van der Waals surface area (Å²) in [6, 6.07) is 85.5. The number of benzene rings is 11. The van der Waals surface area contributed by atoms with Crippen molar-refractivity contribution >= 4 is 71.3 Å². The molecule has 0 aliphatic carbocycles. The maximum atomic E-state index is 6.80. The van der Waals surface area contributed by atoms with Crippen molar-refractivity contribution < 1.29 is 4.42 Å². The largest absolute Gasteiger partial charge is 0.455 e. The highest BCUT2D eigenvalue weighted by Crippen LogP contribution is 2.48. The standard InChI is InChI=1S/C60H39NO/c1-2-13-44(14-3-1)53-37-34-47(52-24-11-19-43-16-5-8-21-50(43)52)39-57(53)61(56-25-12-26-58-59(56)55-38-33-45-17-6-9-22-54(45)60(55)62-58)48-35-31-41(32-36-48)40-27-29-46(30-28-40)51-23-10-18-42-15-4-7-20-49(42)51/h1-39H. The van der Waals surface area contributed by atoms with E-state index in [0.29, 0.717) is 0 Å². The average Bonchev–Trinajstić information content (AvgIpc) is 3.74. The maximum absolute atomic E-state index is 6.80. The molecule has 12 aromatic rings. The second kappa shape index (κ2) is 14.8. The Balaban J connectivity index is 1.06. The first-order chi connectivity index (χ1) is 30.7. The highest BCUT2D eigenvalue weighted by Gasteiger charge is 2.24. The fraction of sp³-hybridized carbons (Fsp3) is 0. The molecule has 2 nitrogen and oxygen atoms in total. The molecule has 0 atom stereocenters. The number of hydrogen-bond acceptors (Lipinski definition) is 2. The van der Waals surface area contributed by atoms with Gasteiger partial charge in [-0.2, -0.15) is 0 Å². The molecular weight excluding hydrogens is 751 g/mol. The van der Waals surface area contributed by atoms with Crippen LogP contribution in [0, 0.1) is 0 Å². The molecule has 2 heteroatoms. The van der Waals surface area contributed by atoms with Crippen LogP contribution in [0.3, 0.4) is 0 Å². The van der Waals surface area contributed by atoms with Gasteiger partial charge in [-0.15, -0.1) is 0 Å². The highest BCUT2D eigenvalue weighted by atomic mass is 16.3. The van der Waals surface area contributed by atoms with Gasteiger partial charge in [0.2, 0.25) is 0 Å². The summed E-state index contributed by atoms with van der Waals surface area (Å²) >= 11 is 0. The number of hydrogen-bond donors (Lipinski definition) is 0. The Bertz CT molecular complexity index is 3610. The fourth-order valence-corrected chi connectivity index (χ4v) is 9.47. The second-order valence-corrected chi connectivity index (χ2v) is 16.0. The molecule has 11 aromatic carbocycles. The van der Waals surface area contributed by atoms with Crippen LogP contribution < -0.4 is 4.90 Å². The summed E-state index contributed by atoms with van der Waals surface area (Å²) in [5, 5.41) is 9.40. The van der Waals surface area contributed by atoms with Gasteiger partial charge < -0.3 is 9.32 Å². The van der Waals surface area contributed by atoms with Gasteiger partial charge in [0.05, 0.1) is 16.8 Å². The van der Waals surface area contributed by atoms with Crippen molar-refractivity contribution in [2.24, 2.45) is 0 Å². The molecular formula is C60H39NO. The molecule has 0 saturated carbocycles. The number of furan rings is 1. The van der Waals surface area contributed by atoms with Gasteiger partial charge in [0.25, 0.3) is 0 Å². The summed E-state index contributed by atoms with van der Waals surface area (Å²) < 4.78 is 6.80. The summed E-state index contributed by atoms with van der Waals surface area (Å²) in [6.07, 6.45) is 0. The smallest absolute Gasteiger partial charge is 0.143 e. The van der Waals surface area contributed by atoms with Crippen LogP contribution in [0.25, 0.3) is 98.8 Å². The highest BCUT2D eigenvalue weighted by molar-refractivity contribution is 6.20. The van der Waals surface area contributed by atoms with E-state index in [-0.39, 0.29) is 0 Å². The topological polar surface area (TPSA) is 16.4 Å². The molecule has 0 N–H and O–H groups in total. The molecule has 0 amide bonds. The van der Waals surface area contributed by atoms with Crippen LogP contribution in [0.15, 0.2) is 241 Å². The average molecular weight is 790 g/mol. The van der Waals surface area contributed by atoms with E-state index in [1.165, 1.54) is 43.8 Å². The Kier molecular flexibility index (Phi) is 8.53. The monoisotopic (exact) mass is 789 g/mol. The minimum absolute atomic E-state index is 0.855. The molecule has 0 aliphatic heterocycles. The zero-order valence-electron chi connectivity index (χ0n) is 33.9. The third-order valence-electron chi connectivity index (χ3n) is 12.5. The van der Waals surface area contributed by atoms with Gasteiger partial charge in [-0.3, -0.25) is 0 Å². The summed E-state index contributed by atoms with van der Waals surface area (Å²) in [5.74, 6) is 0. The van der Waals surface area contributed by atoms with E-state index in [4.69, 9.17) is 4.42 Å². The van der Waals surface area contributed by atoms with Crippen molar-refractivity contribution in [1.82, 2.24) is 0 Å². The molecule has 12 rings (SSSR count). The molecule has 0 radical (unpaired) electrons. The molecule has 290 valence electrons. The van der Waals surface area contributed by atoms with E-state index in [0.717, 1.165) is 72.0 Å². The number of fused-ring (bicyclic) bond motifs is 7. The van der Waals surface area contributed by atoms with E-state index in [2.05, 4.69) is 241 Å². The van der Waals surface area contributed by atoms with Gasteiger partial charge in [-0.1, -0.05) is 200 Å². The summed E-state index contributed by atoms with van der Waals surface area (Å²) in [4.78, 5) is 2.44. The van der Waals surface area contributed by atoms with Crippen LogP contribution in [-0.2, 0) is 0 Å². The molecule has 0 aliphatic rings. The third kappa shape index (κ3) is 6.04. The number of anilines is 3. The SMILES string of the molecule is c1ccc(-c2ccc(-c3cccc4ccccc34)cc2N(c2ccc(-c3ccc(-c4cccc5ccccc45)cc3)cc2)c2cccc3oc4c5ccccc5ccc4c23)cc1. The Labute approximate surface area is 360 Å². The van der Waals surface area contributed by atoms with E-state index in [1.54, 1.807) is 0 Å². The van der Waals surface area contributed by atoms with E-state index >= 15 is 0 Å². The Morgan fingerprint density at radius 3 is 1.50 bits per heavy atom. The summed E-state index contributed by atoms with van der Waals surface area (Å²) in [5.41, 5.74) is 14.4.